The molecule has 0 saturated carbocycles. The van der Waals surface area contributed by atoms with Gasteiger partial charge in [0.25, 0.3) is 0 Å². The molecule has 11 nitrogen and oxygen atoms in total. The number of aliphatic hydroxyl groups is 4. The summed E-state index contributed by atoms with van der Waals surface area (Å²) in [4.78, 5) is 45.7. The van der Waals surface area contributed by atoms with Crippen LogP contribution in [0, 0.1) is 0 Å². The van der Waals surface area contributed by atoms with Crippen molar-refractivity contribution < 1.29 is 53.7 Å². The lowest BCUT2D eigenvalue weighted by atomic mass is 9.98. The van der Waals surface area contributed by atoms with Gasteiger partial charge in [-0.25, -0.2) is 0 Å². The molecule has 0 aliphatic carbocycles. The molecule has 0 amide bonds. The highest BCUT2D eigenvalue weighted by Gasteiger charge is 2.18. The number of hydrogen-bond donors (Lipinski definition) is 4. The van der Waals surface area contributed by atoms with E-state index in [4.69, 9.17) is 0 Å². The van der Waals surface area contributed by atoms with E-state index in [2.05, 4.69) is 4.52 Å². The third-order valence-electron chi connectivity index (χ3n) is 4.30. The molecule has 0 spiro atoms. The lowest BCUT2D eigenvalue weighted by Crippen LogP contribution is -2.30. The lowest BCUT2D eigenvalue weighted by molar-refractivity contribution is -0.333. The average Bonchev–Trinajstić information content (AvgIpc) is 2.69. The van der Waals surface area contributed by atoms with Crippen LogP contribution in [0.15, 0.2) is 24.3 Å². The molecule has 2 aromatic carbocycles. The molecule has 2 rings (SSSR count). The van der Waals surface area contributed by atoms with E-state index < -0.39 is 58.5 Å². The van der Waals surface area contributed by atoms with Crippen molar-refractivity contribution in [2.75, 3.05) is 0 Å². The van der Waals surface area contributed by atoms with Gasteiger partial charge in [0.15, 0.2) is 0 Å². The maximum absolute atomic E-state index is 11.8. The SMILES string of the molecule is O=P([O-])([O-])Oc1c(CO)ccc(/C=C\c2cc(CO)c(CO)c(CO)c2)c1P(=O)([O-])[O-]. The van der Waals surface area contributed by atoms with Crippen LogP contribution in [0.5, 0.6) is 5.75 Å². The summed E-state index contributed by atoms with van der Waals surface area (Å²) in [6.45, 7) is -2.27. The van der Waals surface area contributed by atoms with Crippen LogP contribution in [0.3, 0.4) is 0 Å². The van der Waals surface area contributed by atoms with Crippen LogP contribution >= 0.6 is 15.4 Å². The lowest BCUT2D eigenvalue weighted by Gasteiger charge is -2.37. The number of benzene rings is 2. The van der Waals surface area contributed by atoms with Gasteiger partial charge in [-0.2, -0.15) is 0 Å². The first-order valence-corrected chi connectivity index (χ1v) is 11.6. The van der Waals surface area contributed by atoms with E-state index in [9.17, 15) is 49.1 Å². The first-order valence-electron chi connectivity index (χ1n) is 8.61. The predicted molar refractivity (Wildman–Crippen MR) is 101 cm³/mol. The first kappa shape index (κ1) is 25.4. The predicted octanol–water partition coefficient (Wildman–Crippen LogP) is -2.43. The van der Waals surface area contributed by atoms with Crippen LogP contribution in [-0.4, -0.2) is 20.4 Å². The van der Waals surface area contributed by atoms with E-state index in [0.717, 1.165) is 18.2 Å². The van der Waals surface area contributed by atoms with E-state index in [1.807, 2.05) is 0 Å². The highest BCUT2D eigenvalue weighted by atomic mass is 31.2. The smallest absolute Gasteiger partial charge is 0.138 e. The highest BCUT2D eigenvalue weighted by Crippen LogP contribution is 2.39. The molecule has 0 aliphatic rings. The summed E-state index contributed by atoms with van der Waals surface area (Å²) in [5.41, 5.74) is 0.529. The van der Waals surface area contributed by atoms with Crippen molar-refractivity contribution in [3.05, 3.63) is 57.6 Å². The van der Waals surface area contributed by atoms with E-state index in [-0.39, 0.29) is 5.56 Å². The molecular weight excluding hydrogens is 454 g/mol. The largest absolute Gasteiger partial charge is 0.807 e. The van der Waals surface area contributed by atoms with E-state index in [0.29, 0.717) is 22.3 Å². The summed E-state index contributed by atoms with van der Waals surface area (Å²) in [6, 6.07) is 5.07. The van der Waals surface area contributed by atoms with Crippen LogP contribution < -0.4 is 29.4 Å². The molecular formula is C18H18O11P2-4. The Kier molecular flexibility index (Phi) is 8.32. The van der Waals surface area contributed by atoms with Crippen molar-refractivity contribution in [1.29, 1.82) is 0 Å². The molecule has 0 heterocycles. The van der Waals surface area contributed by atoms with Gasteiger partial charge in [0, 0.05) is 10.9 Å². The summed E-state index contributed by atoms with van der Waals surface area (Å²) in [5.74, 6) is -1.07. The summed E-state index contributed by atoms with van der Waals surface area (Å²) >= 11 is 0. The number of hydrogen-bond acceptors (Lipinski definition) is 11. The Morgan fingerprint density at radius 1 is 0.806 bits per heavy atom. The minimum absolute atomic E-state index is 0.297. The fourth-order valence-electron chi connectivity index (χ4n) is 2.98. The molecule has 31 heavy (non-hydrogen) atoms. The van der Waals surface area contributed by atoms with Crippen molar-refractivity contribution in [2.24, 2.45) is 0 Å². The quantitative estimate of drug-likeness (QED) is 0.222. The molecule has 0 radical (unpaired) electrons. The van der Waals surface area contributed by atoms with Crippen LogP contribution in [0.25, 0.3) is 12.2 Å². The maximum Gasteiger partial charge on any atom is 0.138 e. The first-order chi connectivity index (χ1) is 14.4. The topological polar surface area (TPSA) is 217 Å². The summed E-state index contributed by atoms with van der Waals surface area (Å²) in [5, 5.41) is 36.5. The summed E-state index contributed by atoms with van der Waals surface area (Å²) in [7, 11) is -11.4. The third-order valence-corrected chi connectivity index (χ3v) is 5.72. The Morgan fingerprint density at radius 3 is 1.77 bits per heavy atom. The summed E-state index contributed by atoms with van der Waals surface area (Å²) in [6.07, 6.45) is 2.41. The Hall–Kier alpha value is -1.88. The van der Waals surface area contributed by atoms with Crippen LogP contribution in [0.2, 0.25) is 0 Å². The minimum atomic E-state index is -5.76. The number of phosphoric ester groups is 1. The van der Waals surface area contributed by atoms with Crippen molar-refractivity contribution in [2.45, 2.75) is 26.4 Å². The molecule has 0 aromatic heterocycles. The van der Waals surface area contributed by atoms with Gasteiger partial charge >= 0.3 is 0 Å². The van der Waals surface area contributed by atoms with Crippen LogP contribution in [-0.2, 0) is 35.6 Å². The van der Waals surface area contributed by atoms with Gasteiger partial charge in [-0.3, -0.25) is 0 Å². The second kappa shape index (κ2) is 10.2. The van der Waals surface area contributed by atoms with Crippen LogP contribution in [0.4, 0.5) is 0 Å². The molecule has 0 fully saturated rings. The van der Waals surface area contributed by atoms with E-state index >= 15 is 0 Å². The van der Waals surface area contributed by atoms with Gasteiger partial charge < -0.3 is 53.7 Å². The summed E-state index contributed by atoms with van der Waals surface area (Å²) < 4.78 is 27.0. The Labute approximate surface area is 176 Å². The molecule has 13 heteroatoms. The average molecular weight is 472 g/mol. The Bertz CT molecular complexity index is 1040. The van der Waals surface area contributed by atoms with Gasteiger partial charge in [0.1, 0.15) is 13.6 Å². The molecule has 0 unspecified atom stereocenters. The molecule has 0 atom stereocenters. The standard InChI is InChI=1S/C18H22O11P2/c19-7-13-4-3-12(18(30(23,24)25)17(13)29-31(26,27)28)2-1-11-5-14(8-20)16(10-22)15(6-11)9-21/h1-6,19-22H,7-10H2,(H2,23,24,25)(H2,26,27,28)/p-4/b2-1-. The highest BCUT2D eigenvalue weighted by molar-refractivity contribution is 7.58. The Morgan fingerprint density at radius 2 is 1.35 bits per heavy atom. The van der Waals surface area contributed by atoms with Gasteiger partial charge in [0.05, 0.1) is 26.4 Å². The van der Waals surface area contributed by atoms with E-state index in [1.165, 1.54) is 18.2 Å². The van der Waals surface area contributed by atoms with Gasteiger partial charge in [-0.1, -0.05) is 24.3 Å². The second-order valence-corrected chi connectivity index (χ2v) is 8.83. The second-order valence-electron chi connectivity index (χ2n) is 6.31. The number of phosphoric acid groups is 1. The normalized spacial score (nSPS) is 12.5. The molecule has 0 aliphatic heterocycles. The Balaban J connectivity index is 2.67. The van der Waals surface area contributed by atoms with Gasteiger partial charge in [-0.05, 0) is 47.5 Å². The number of rotatable bonds is 9. The third kappa shape index (κ3) is 6.31. The molecule has 0 saturated heterocycles. The van der Waals surface area contributed by atoms with Crippen molar-refractivity contribution in [3.63, 3.8) is 0 Å². The van der Waals surface area contributed by atoms with Crippen molar-refractivity contribution >= 4 is 32.9 Å². The van der Waals surface area contributed by atoms with Gasteiger partial charge in [-0.15, -0.1) is 0 Å². The number of aliphatic hydroxyl groups excluding tert-OH is 4. The van der Waals surface area contributed by atoms with Crippen LogP contribution in [0.1, 0.15) is 33.4 Å². The zero-order valence-electron chi connectivity index (χ0n) is 15.8. The fourth-order valence-corrected chi connectivity index (χ4v) is 4.38. The monoisotopic (exact) mass is 472 g/mol. The maximum atomic E-state index is 11.8. The fraction of sp³-hybridized carbons (Fsp3) is 0.222. The van der Waals surface area contributed by atoms with Gasteiger partial charge in [0.2, 0.25) is 0 Å². The molecule has 2 aromatic rings. The molecule has 170 valence electrons. The van der Waals surface area contributed by atoms with Crippen molar-refractivity contribution in [1.82, 2.24) is 0 Å². The van der Waals surface area contributed by atoms with Crippen molar-refractivity contribution in [3.8, 4) is 5.75 Å². The molecule has 0 bridgehead atoms. The molecule has 4 N–H and O–H groups in total. The minimum Gasteiger partial charge on any atom is -0.807 e. The zero-order valence-corrected chi connectivity index (χ0v) is 17.6. The van der Waals surface area contributed by atoms with E-state index in [1.54, 1.807) is 0 Å². The zero-order chi connectivity index (χ0) is 23.4.